The van der Waals surface area contributed by atoms with E-state index in [2.05, 4.69) is 42.5 Å². The van der Waals surface area contributed by atoms with Gasteiger partial charge in [0.15, 0.2) is 5.84 Å². The molecule has 0 radical (unpaired) electrons. The lowest BCUT2D eigenvalue weighted by Gasteiger charge is -2.14. The zero-order chi connectivity index (χ0) is 27.3. The molecule has 5 N–H and O–H groups in total. The number of anilines is 3. The number of pyridine rings is 1. The summed E-state index contributed by atoms with van der Waals surface area (Å²) in [6.07, 6.45) is 0.226. The standard InChI is InChI=1S/C25H25F3N8O2/c1-3-30-19-12-32-24(33-17-7-9-38-13-17)36-21(19)22(29)34-18-10-15(5-4-14(18)2)23(37)35-20-11-16(6-8-31-20)25(26,27)28/h3-6,8,10-12,17,30H,1,7,9,13H2,2H3,(H2,29,34)(H,31,35,37)(H,32,33,36). The first-order valence-corrected chi connectivity index (χ1v) is 11.5. The third kappa shape index (κ3) is 6.42. The van der Waals surface area contributed by atoms with Crippen LogP contribution >= 0.6 is 0 Å². The number of amides is 1. The van der Waals surface area contributed by atoms with Gasteiger partial charge < -0.3 is 26.4 Å². The number of amidine groups is 1. The Hall–Kier alpha value is -4.52. The molecule has 0 aliphatic carbocycles. The summed E-state index contributed by atoms with van der Waals surface area (Å²) in [5.41, 5.74) is 7.41. The lowest BCUT2D eigenvalue weighted by Crippen LogP contribution is -2.23. The SMILES string of the molecule is C=CNc1cnc(NC2CCOC2)nc1C(N)=Nc1cc(C(=O)Nc2cc(C(F)(F)F)ccn2)ccc1C. The monoisotopic (exact) mass is 526 g/mol. The summed E-state index contributed by atoms with van der Waals surface area (Å²) in [4.78, 5) is 29.8. The average Bonchev–Trinajstić information content (AvgIpc) is 3.39. The summed E-state index contributed by atoms with van der Waals surface area (Å²) in [5, 5.41) is 8.51. The predicted octanol–water partition coefficient (Wildman–Crippen LogP) is 4.24. The number of nitrogens with two attached hydrogens (primary N) is 1. The van der Waals surface area contributed by atoms with E-state index >= 15 is 0 Å². The third-order valence-electron chi connectivity index (χ3n) is 5.59. The van der Waals surface area contributed by atoms with Crippen molar-refractivity contribution in [3.8, 4) is 0 Å². The highest BCUT2D eigenvalue weighted by Crippen LogP contribution is 2.30. The van der Waals surface area contributed by atoms with Gasteiger partial charge in [0.1, 0.15) is 11.5 Å². The molecule has 0 spiro atoms. The number of ether oxygens (including phenoxy) is 1. The Morgan fingerprint density at radius 3 is 2.79 bits per heavy atom. The number of aliphatic imine (C=N–C) groups is 1. The number of hydrogen-bond donors (Lipinski definition) is 4. The Kier molecular flexibility index (Phi) is 7.86. The summed E-state index contributed by atoms with van der Waals surface area (Å²) in [5.74, 6) is -0.499. The van der Waals surface area contributed by atoms with E-state index in [4.69, 9.17) is 10.5 Å². The lowest BCUT2D eigenvalue weighted by molar-refractivity contribution is -0.137. The second kappa shape index (κ2) is 11.3. The molecule has 1 amide bonds. The van der Waals surface area contributed by atoms with Crippen molar-refractivity contribution in [3.05, 3.63) is 77.9 Å². The second-order valence-corrected chi connectivity index (χ2v) is 8.39. The fourth-order valence-electron chi connectivity index (χ4n) is 3.61. The van der Waals surface area contributed by atoms with Crippen molar-refractivity contribution in [2.45, 2.75) is 25.6 Å². The predicted molar refractivity (Wildman–Crippen MR) is 137 cm³/mol. The first kappa shape index (κ1) is 26.5. The molecule has 38 heavy (non-hydrogen) atoms. The van der Waals surface area contributed by atoms with Crippen LogP contribution in [-0.4, -0.2) is 46.0 Å². The fraction of sp³-hybridized carbons (Fsp3) is 0.240. The molecular formula is C25H25F3N8O2. The molecule has 1 fully saturated rings. The quantitative estimate of drug-likeness (QED) is 0.252. The summed E-state index contributed by atoms with van der Waals surface area (Å²) >= 11 is 0. The molecule has 3 aromatic rings. The fourth-order valence-corrected chi connectivity index (χ4v) is 3.61. The smallest absolute Gasteiger partial charge is 0.382 e. The van der Waals surface area contributed by atoms with E-state index in [1.54, 1.807) is 19.2 Å². The summed E-state index contributed by atoms with van der Waals surface area (Å²) < 4.78 is 44.4. The van der Waals surface area contributed by atoms with Gasteiger partial charge in [0, 0.05) is 18.4 Å². The van der Waals surface area contributed by atoms with Crippen LogP contribution in [-0.2, 0) is 10.9 Å². The molecule has 1 aromatic carbocycles. The first-order valence-electron chi connectivity index (χ1n) is 11.5. The summed E-state index contributed by atoms with van der Waals surface area (Å²) in [6, 6.07) is 6.30. The van der Waals surface area contributed by atoms with Crippen molar-refractivity contribution >= 4 is 34.9 Å². The largest absolute Gasteiger partial charge is 0.416 e. The highest BCUT2D eigenvalue weighted by atomic mass is 19.4. The van der Waals surface area contributed by atoms with Gasteiger partial charge in [0.25, 0.3) is 5.91 Å². The van der Waals surface area contributed by atoms with Gasteiger partial charge in [-0.1, -0.05) is 12.6 Å². The maximum absolute atomic E-state index is 13.0. The first-order chi connectivity index (χ1) is 18.1. The van der Waals surface area contributed by atoms with Crippen molar-refractivity contribution in [2.75, 3.05) is 29.2 Å². The Bertz CT molecular complexity index is 1370. The lowest BCUT2D eigenvalue weighted by atomic mass is 10.1. The number of hydrogen-bond acceptors (Lipinski definition) is 8. The molecule has 1 aliphatic rings. The number of alkyl halides is 3. The van der Waals surface area contributed by atoms with Crippen LogP contribution in [0.15, 0.2) is 60.5 Å². The van der Waals surface area contributed by atoms with Crippen LogP contribution in [0.4, 0.5) is 36.3 Å². The van der Waals surface area contributed by atoms with Gasteiger partial charge in [-0.3, -0.25) is 4.79 Å². The Balaban J connectivity index is 1.60. The number of nitrogens with one attached hydrogen (secondary N) is 3. The van der Waals surface area contributed by atoms with E-state index in [0.717, 1.165) is 24.8 Å². The van der Waals surface area contributed by atoms with Gasteiger partial charge in [0.2, 0.25) is 5.95 Å². The molecule has 0 bridgehead atoms. The van der Waals surface area contributed by atoms with Crippen LogP contribution in [0.2, 0.25) is 0 Å². The average molecular weight is 527 g/mol. The van der Waals surface area contributed by atoms with Crippen LogP contribution in [0.5, 0.6) is 0 Å². The van der Waals surface area contributed by atoms with E-state index in [0.29, 0.717) is 41.8 Å². The van der Waals surface area contributed by atoms with Crippen molar-refractivity contribution in [1.29, 1.82) is 0 Å². The zero-order valence-corrected chi connectivity index (χ0v) is 20.3. The molecule has 10 nitrogen and oxygen atoms in total. The van der Waals surface area contributed by atoms with Gasteiger partial charge in [-0.05, 0) is 49.4 Å². The van der Waals surface area contributed by atoms with E-state index in [1.807, 2.05) is 0 Å². The van der Waals surface area contributed by atoms with Gasteiger partial charge in [-0.25, -0.2) is 19.9 Å². The van der Waals surface area contributed by atoms with Crippen molar-refractivity contribution in [1.82, 2.24) is 15.0 Å². The van der Waals surface area contributed by atoms with Crippen LogP contribution in [0.3, 0.4) is 0 Å². The van der Waals surface area contributed by atoms with Crippen molar-refractivity contribution in [2.24, 2.45) is 10.7 Å². The minimum atomic E-state index is -4.56. The topological polar surface area (TPSA) is 139 Å². The maximum atomic E-state index is 13.0. The Morgan fingerprint density at radius 2 is 2.08 bits per heavy atom. The number of benzene rings is 1. The van der Waals surface area contributed by atoms with Gasteiger partial charge in [0.05, 0.1) is 35.8 Å². The minimum Gasteiger partial charge on any atom is -0.382 e. The number of carbonyl (C=O) groups is 1. The number of nitrogens with zero attached hydrogens (tertiary/aromatic N) is 4. The molecular weight excluding hydrogens is 501 g/mol. The Morgan fingerprint density at radius 1 is 1.26 bits per heavy atom. The maximum Gasteiger partial charge on any atom is 0.416 e. The number of carbonyl (C=O) groups excluding carboxylic acids is 1. The van der Waals surface area contributed by atoms with Gasteiger partial charge in [-0.2, -0.15) is 13.2 Å². The van der Waals surface area contributed by atoms with Gasteiger partial charge in [-0.15, -0.1) is 0 Å². The second-order valence-electron chi connectivity index (χ2n) is 8.39. The van der Waals surface area contributed by atoms with Crippen LogP contribution < -0.4 is 21.7 Å². The zero-order valence-electron chi connectivity index (χ0n) is 20.3. The summed E-state index contributed by atoms with van der Waals surface area (Å²) in [6.45, 7) is 6.62. The summed E-state index contributed by atoms with van der Waals surface area (Å²) in [7, 11) is 0. The van der Waals surface area contributed by atoms with E-state index < -0.39 is 17.6 Å². The van der Waals surface area contributed by atoms with Crippen molar-refractivity contribution in [3.63, 3.8) is 0 Å². The number of aryl methyl sites for hydroxylation is 1. The van der Waals surface area contributed by atoms with Crippen LogP contribution in [0, 0.1) is 6.92 Å². The molecule has 1 saturated heterocycles. The molecule has 1 atom stereocenters. The molecule has 0 saturated carbocycles. The molecule has 1 aliphatic heterocycles. The van der Waals surface area contributed by atoms with Gasteiger partial charge >= 0.3 is 6.18 Å². The van der Waals surface area contributed by atoms with Crippen molar-refractivity contribution < 1.29 is 22.7 Å². The van der Waals surface area contributed by atoms with E-state index in [1.165, 1.54) is 18.3 Å². The number of aromatic nitrogens is 3. The molecule has 198 valence electrons. The highest BCUT2D eigenvalue weighted by Gasteiger charge is 2.31. The molecule has 3 heterocycles. The minimum absolute atomic E-state index is 0.0441. The normalized spacial score (nSPS) is 15.7. The molecule has 1 unspecified atom stereocenters. The highest BCUT2D eigenvalue weighted by molar-refractivity contribution is 6.05. The third-order valence-corrected chi connectivity index (χ3v) is 5.59. The van der Waals surface area contributed by atoms with Crippen LogP contribution in [0.1, 0.15) is 33.6 Å². The Labute approximate surface area is 216 Å². The van der Waals surface area contributed by atoms with Crippen LogP contribution in [0.25, 0.3) is 0 Å². The van der Waals surface area contributed by atoms with E-state index in [9.17, 15) is 18.0 Å². The molecule has 13 heteroatoms. The molecule has 4 rings (SSSR count). The number of rotatable bonds is 8. The molecule has 2 aromatic heterocycles. The number of halogens is 3. The van der Waals surface area contributed by atoms with E-state index in [-0.39, 0.29) is 23.3 Å².